The van der Waals surface area contributed by atoms with Gasteiger partial charge in [-0.05, 0) is 39.3 Å². The Balaban J connectivity index is 2.49. The highest BCUT2D eigenvalue weighted by molar-refractivity contribution is 5.98. The highest BCUT2D eigenvalue weighted by Crippen LogP contribution is 2.27. The van der Waals surface area contributed by atoms with Gasteiger partial charge in [0.05, 0.1) is 13.2 Å². The molecule has 0 bridgehead atoms. The number of nitrogens with zero attached hydrogens (tertiary/aromatic N) is 2. The summed E-state index contributed by atoms with van der Waals surface area (Å²) < 4.78 is 21.5. The number of ether oxygens (including phenoxy) is 4. The molecule has 8 nitrogen and oxygen atoms in total. The van der Waals surface area contributed by atoms with Crippen LogP contribution in [0.2, 0.25) is 0 Å². The lowest BCUT2D eigenvalue weighted by molar-refractivity contribution is -0.145. The van der Waals surface area contributed by atoms with Crippen LogP contribution in [-0.4, -0.2) is 50.5 Å². The summed E-state index contributed by atoms with van der Waals surface area (Å²) in [7, 11) is 0. The third-order valence-electron chi connectivity index (χ3n) is 3.84. The van der Waals surface area contributed by atoms with Gasteiger partial charge in [-0.3, -0.25) is 9.59 Å². The summed E-state index contributed by atoms with van der Waals surface area (Å²) >= 11 is 0. The minimum atomic E-state index is -0.753. The predicted octanol–water partition coefficient (Wildman–Crippen LogP) is 4.24. The van der Waals surface area contributed by atoms with Crippen molar-refractivity contribution in [1.82, 2.24) is 0 Å². The zero-order valence-corrected chi connectivity index (χ0v) is 17.8. The number of azo groups is 1. The van der Waals surface area contributed by atoms with E-state index < -0.39 is 12.0 Å². The number of para-hydroxylation sites is 1. The van der Waals surface area contributed by atoms with Crippen molar-refractivity contribution >= 4 is 17.4 Å². The number of hydrogen-bond donors (Lipinski definition) is 0. The third kappa shape index (κ3) is 10.7. The minimum absolute atomic E-state index is 0.236. The molecule has 0 heterocycles. The molecule has 162 valence electrons. The summed E-state index contributed by atoms with van der Waals surface area (Å²) in [6.07, 6.45) is 1.48. The van der Waals surface area contributed by atoms with Gasteiger partial charge in [-0.25, -0.2) is 0 Å². The fourth-order valence-electron chi connectivity index (χ4n) is 2.18. The fraction of sp³-hybridized carbons (Fsp3) is 0.619. The molecule has 0 amide bonds. The van der Waals surface area contributed by atoms with E-state index in [0.717, 1.165) is 12.8 Å². The Morgan fingerprint density at radius 3 is 2.48 bits per heavy atom. The minimum Gasteiger partial charge on any atom is -0.489 e. The maximum atomic E-state index is 12.0. The van der Waals surface area contributed by atoms with Crippen LogP contribution in [0.4, 0.5) is 5.69 Å². The van der Waals surface area contributed by atoms with Crippen LogP contribution >= 0.6 is 0 Å². The third-order valence-corrected chi connectivity index (χ3v) is 3.84. The Kier molecular flexibility index (Phi) is 12.5. The second kappa shape index (κ2) is 14.6. The monoisotopic (exact) mass is 408 g/mol. The van der Waals surface area contributed by atoms with Gasteiger partial charge in [-0.1, -0.05) is 25.5 Å². The summed E-state index contributed by atoms with van der Waals surface area (Å²) in [5.41, 5.74) is 0.496. The molecule has 1 aromatic rings. The normalized spacial score (nSPS) is 13.2. The molecule has 1 aromatic carbocycles. The van der Waals surface area contributed by atoms with Crippen molar-refractivity contribution in [3.8, 4) is 5.75 Å². The molecule has 1 rings (SSSR count). The predicted molar refractivity (Wildman–Crippen MR) is 108 cm³/mol. The topological polar surface area (TPSA) is 95.8 Å². The Labute approximate surface area is 172 Å². The number of Topliss-reactive ketones (excluding diaryl/α,β-unsaturated/α-hetero) is 1. The van der Waals surface area contributed by atoms with Gasteiger partial charge in [0.15, 0.2) is 12.1 Å². The van der Waals surface area contributed by atoms with E-state index >= 15 is 0 Å². The Morgan fingerprint density at radius 2 is 1.76 bits per heavy atom. The smallest absolute Gasteiger partial charge is 0.313 e. The molecule has 2 unspecified atom stereocenters. The quantitative estimate of drug-likeness (QED) is 0.142. The lowest BCUT2D eigenvalue weighted by Gasteiger charge is -2.14. The highest BCUT2D eigenvalue weighted by atomic mass is 16.7. The molecule has 0 N–H and O–H groups in total. The largest absolute Gasteiger partial charge is 0.489 e. The van der Waals surface area contributed by atoms with E-state index in [9.17, 15) is 9.59 Å². The van der Waals surface area contributed by atoms with Crippen molar-refractivity contribution < 1.29 is 28.5 Å². The first-order chi connectivity index (χ1) is 14.0. The summed E-state index contributed by atoms with van der Waals surface area (Å²) in [4.78, 5) is 23.4. The standard InChI is InChI=1S/C21H32N2O6/c1-5-7-12-27-17(4)28-13-14-29-20-11-9-8-10-18(20)23-22-16(3)19(24)15-21(25)26-6-2/h8-11,16-17H,5-7,12-15H2,1-4H3. The van der Waals surface area contributed by atoms with Gasteiger partial charge >= 0.3 is 5.97 Å². The number of rotatable bonds is 15. The van der Waals surface area contributed by atoms with Crippen LogP contribution in [0.1, 0.15) is 47.0 Å². The van der Waals surface area contributed by atoms with Gasteiger partial charge in [0.2, 0.25) is 0 Å². The Hall–Kier alpha value is -2.32. The molecule has 29 heavy (non-hydrogen) atoms. The molecular formula is C21H32N2O6. The first-order valence-electron chi connectivity index (χ1n) is 10.0. The first-order valence-corrected chi connectivity index (χ1v) is 10.0. The van der Waals surface area contributed by atoms with Gasteiger partial charge < -0.3 is 18.9 Å². The molecule has 0 aliphatic heterocycles. The van der Waals surface area contributed by atoms with Crippen LogP contribution in [0.5, 0.6) is 5.75 Å². The molecule has 0 spiro atoms. The molecule has 0 aromatic heterocycles. The van der Waals surface area contributed by atoms with Crippen LogP contribution in [0.3, 0.4) is 0 Å². The number of benzene rings is 1. The van der Waals surface area contributed by atoms with Crippen molar-refractivity contribution in [1.29, 1.82) is 0 Å². The van der Waals surface area contributed by atoms with E-state index in [4.69, 9.17) is 18.9 Å². The van der Waals surface area contributed by atoms with E-state index in [1.165, 1.54) is 0 Å². The van der Waals surface area contributed by atoms with E-state index in [2.05, 4.69) is 17.2 Å². The highest BCUT2D eigenvalue weighted by Gasteiger charge is 2.17. The molecule has 0 aliphatic rings. The maximum Gasteiger partial charge on any atom is 0.313 e. The molecule has 0 saturated heterocycles. The molecule has 2 atom stereocenters. The van der Waals surface area contributed by atoms with Crippen molar-refractivity contribution in [3.63, 3.8) is 0 Å². The van der Waals surface area contributed by atoms with Gasteiger partial charge in [0.1, 0.15) is 30.5 Å². The Bertz CT molecular complexity index is 650. The van der Waals surface area contributed by atoms with Crippen LogP contribution in [0.25, 0.3) is 0 Å². The number of carbonyl (C=O) groups excluding carboxylic acids is 2. The number of hydrogen-bond acceptors (Lipinski definition) is 8. The summed E-state index contributed by atoms with van der Waals surface area (Å²) in [5.74, 6) is -0.378. The van der Waals surface area contributed by atoms with Crippen LogP contribution in [0.15, 0.2) is 34.5 Å². The summed E-state index contributed by atoms with van der Waals surface area (Å²) in [5, 5.41) is 8.11. The van der Waals surface area contributed by atoms with Gasteiger partial charge in [0, 0.05) is 6.61 Å². The second-order valence-electron chi connectivity index (χ2n) is 6.32. The van der Waals surface area contributed by atoms with E-state index in [0.29, 0.717) is 31.3 Å². The maximum absolute atomic E-state index is 12.0. The first kappa shape index (κ1) is 24.7. The van der Waals surface area contributed by atoms with Crippen molar-refractivity contribution in [2.75, 3.05) is 26.4 Å². The summed E-state index contributed by atoms with van der Waals surface area (Å²) in [6.45, 7) is 8.84. The second-order valence-corrected chi connectivity index (χ2v) is 6.32. The number of carbonyl (C=O) groups is 2. The van der Waals surface area contributed by atoms with Crippen molar-refractivity contribution in [3.05, 3.63) is 24.3 Å². The number of esters is 1. The van der Waals surface area contributed by atoms with Gasteiger partial charge in [-0.2, -0.15) is 10.2 Å². The van der Waals surface area contributed by atoms with Crippen molar-refractivity contribution in [2.45, 2.75) is 59.3 Å². The zero-order chi connectivity index (χ0) is 21.5. The summed E-state index contributed by atoms with van der Waals surface area (Å²) in [6, 6.07) is 6.37. The fourth-order valence-corrected chi connectivity index (χ4v) is 2.18. The molecule has 0 saturated carbocycles. The van der Waals surface area contributed by atoms with E-state index in [-0.39, 0.29) is 25.1 Å². The number of unbranched alkanes of at least 4 members (excludes halogenated alkanes) is 1. The molecule has 0 aliphatic carbocycles. The van der Waals surface area contributed by atoms with Gasteiger partial charge in [0.25, 0.3) is 0 Å². The van der Waals surface area contributed by atoms with E-state index in [1.54, 1.807) is 32.0 Å². The lowest BCUT2D eigenvalue weighted by atomic mass is 10.2. The van der Waals surface area contributed by atoms with Crippen LogP contribution in [-0.2, 0) is 23.8 Å². The van der Waals surface area contributed by atoms with Gasteiger partial charge in [-0.15, -0.1) is 0 Å². The molecular weight excluding hydrogens is 376 g/mol. The Morgan fingerprint density at radius 1 is 1.03 bits per heavy atom. The molecule has 8 heteroatoms. The van der Waals surface area contributed by atoms with Crippen LogP contribution < -0.4 is 4.74 Å². The van der Waals surface area contributed by atoms with Crippen molar-refractivity contribution in [2.24, 2.45) is 10.2 Å². The zero-order valence-electron chi connectivity index (χ0n) is 17.8. The lowest BCUT2D eigenvalue weighted by Crippen LogP contribution is -2.19. The average Bonchev–Trinajstić information content (AvgIpc) is 2.70. The van der Waals surface area contributed by atoms with E-state index in [1.807, 2.05) is 13.0 Å². The average molecular weight is 408 g/mol. The van der Waals surface area contributed by atoms with Crippen LogP contribution in [0, 0.1) is 0 Å². The molecule has 0 fully saturated rings. The molecule has 0 radical (unpaired) electrons. The number of ketones is 1. The SMILES string of the molecule is CCCCOC(C)OCCOc1ccccc1N=NC(C)C(=O)CC(=O)OCC.